The van der Waals surface area contributed by atoms with E-state index in [9.17, 15) is 10.2 Å². The maximum Gasteiger partial charge on any atom is 0.191 e. The summed E-state index contributed by atoms with van der Waals surface area (Å²) in [6.45, 7) is -1.13. The van der Waals surface area contributed by atoms with Crippen LogP contribution >= 0.6 is 0 Å². The molecule has 0 aromatic carbocycles. The van der Waals surface area contributed by atoms with Crippen molar-refractivity contribution >= 4 is 0 Å². The fourth-order valence-electron chi connectivity index (χ4n) is 1.38. The van der Waals surface area contributed by atoms with Crippen LogP contribution in [0.25, 0.3) is 0 Å². The lowest BCUT2D eigenvalue weighted by Crippen LogP contribution is -2.52. The highest BCUT2D eigenvalue weighted by Crippen LogP contribution is 2.31. The van der Waals surface area contributed by atoms with Gasteiger partial charge in [-0.05, 0) is 0 Å². The second kappa shape index (κ2) is 3.87. The highest BCUT2D eigenvalue weighted by Gasteiger charge is 2.55. The number of aliphatic hydroxyl groups excluding tert-OH is 3. The van der Waals surface area contributed by atoms with Gasteiger partial charge in [0, 0.05) is 7.11 Å². The zero-order valence-corrected chi connectivity index (χ0v) is 7.25. The van der Waals surface area contributed by atoms with Crippen molar-refractivity contribution < 1.29 is 29.9 Å². The number of ether oxygens (including phenoxy) is 2. The Morgan fingerprint density at radius 2 is 2.08 bits per heavy atom. The Morgan fingerprint density at radius 3 is 2.38 bits per heavy atom. The van der Waals surface area contributed by atoms with E-state index in [1.54, 1.807) is 0 Å². The molecule has 0 spiro atoms. The molecule has 6 nitrogen and oxygen atoms in total. The molecule has 0 aromatic rings. The minimum atomic E-state index is -1.86. The van der Waals surface area contributed by atoms with Gasteiger partial charge in [-0.1, -0.05) is 0 Å². The largest absolute Gasteiger partial charge is 0.394 e. The van der Waals surface area contributed by atoms with Gasteiger partial charge in [0.25, 0.3) is 0 Å². The molecule has 78 valence electrons. The molecule has 0 aromatic heterocycles. The first-order valence-electron chi connectivity index (χ1n) is 3.90. The zero-order valence-electron chi connectivity index (χ0n) is 7.25. The van der Waals surface area contributed by atoms with Gasteiger partial charge in [0.15, 0.2) is 11.9 Å². The average Bonchev–Trinajstić information content (AvgIpc) is 2.41. The van der Waals surface area contributed by atoms with Gasteiger partial charge < -0.3 is 29.9 Å². The predicted octanol–water partition coefficient (Wildman–Crippen LogP) is -2.57. The molecular formula is C7H14O6. The molecule has 1 saturated heterocycles. The van der Waals surface area contributed by atoms with E-state index in [4.69, 9.17) is 19.7 Å². The summed E-state index contributed by atoms with van der Waals surface area (Å²) in [5, 5.41) is 36.7. The van der Waals surface area contributed by atoms with Gasteiger partial charge in [-0.25, -0.2) is 0 Å². The average molecular weight is 194 g/mol. The fourth-order valence-corrected chi connectivity index (χ4v) is 1.38. The molecule has 6 heteroatoms. The van der Waals surface area contributed by atoms with Crippen LogP contribution in [0.2, 0.25) is 0 Å². The van der Waals surface area contributed by atoms with E-state index in [0.717, 1.165) is 0 Å². The van der Waals surface area contributed by atoms with Gasteiger partial charge in [0.05, 0.1) is 13.2 Å². The molecule has 1 aliphatic rings. The summed E-state index contributed by atoms with van der Waals surface area (Å²) in [7, 11) is 1.28. The van der Waals surface area contributed by atoms with Crippen molar-refractivity contribution in [1.29, 1.82) is 0 Å². The van der Waals surface area contributed by atoms with Gasteiger partial charge in [-0.2, -0.15) is 0 Å². The molecule has 0 amide bonds. The first-order valence-corrected chi connectivity index (χ1v) is 3.90. The number of hydrogen-bond acceptors (Lipinski definition) is 6. The van der Waals surface area contributed by atoms with E-state index in [0.29, 0.717) is 0 Å². The standard InChI is InChI=1S/C7H14O6/c1-12-6-7(11,3-9)5(10)4(2-8)13-6/h4-6,8-11H,2-3H2,1H3. The molecule has 1 heterocycles. The van der Waals surface area contributed by atoms with E-state index >= 15 is 0 Å². The van der Waals surface area contributed by atoms with Crippen LogP contribution in [-0.4, -0.2) is 64.8 Å². The molecule has 0 saturated carbocycles. The summed E-state index contributed by atoms with van der Waals surface area (Å²) in [6.07, 6.45) is -3.40. The van der Waals surface area contributed by atoms with Crippen molar-refractivity contribution in [2.75, 3.05) is 20.3 Å². The van der Waals surface area contributed by atoms with Crippen LogP contribution in [0.15, 0.2) is 0 Å². The molecule has 4 unspecified atom stereocenters. The Hall–Kier alpha value is -0.240. The summed E-state index contributed by atoms with van der Waals surface area (Å²) < 4.78 is 9.66. The van der Waals surface area contributed by atoms with E-state index in [2.05, 4.69) is 0 Å². The van der Waals surface area contributed by atoms with Crippen molar-refractivity contribution in [2.24, 2.45) is 0 Å². The molecule has 0 radical (unpaired) electrons. The third-order valence-electron chi connectivity index (χ3n) is 2.22. The lowest BCUT2D eigenvalue weighted by Gasteiger charge is -2.27. The van der Waals surface area contributed by atoms with Crippen LogP contribution in [0.5, 0.6) is 0 Å². The first-order chi connectivity index (χ1) is 6.10. The Bertz CT molecular complexity index is 170. The third kappa shape index (κ3) is 1.56. The Balaban J connectivity index is 2.80. The van der Waals surface area contributed by atoms with Gasteiger partial charge in [-0.15, -0.1) is 0 Å². The van der Waals surface area contributed by atoms with Crippen molar-refractivity contribution in [3.63, 3.8) is 0 Å². The van der Waals surface area contributed by atoms with Gasteiger partial charge in [0.1, 0.15) is 12.2 Å². The minimum Gasteiger partial charge on any atom is -0.394 e. The highest BCUT2D eigenvalue weighted by atomic mass is 16.7. The maximum atomic E-state index is 9.67. The van der Waals surface area contributed by atoms with E-state index in [1.807, 2.05) is 0 Å². The molecule has 1 rings (SSSR count). The quantitative estimate of drug-likeness (QED) is 0.394. The number of rotatable bonds is 3. The van der Waals surface area contributed by atoms with Crippen LogP contribution in [-0.2, 0) is 9.47 Å². The second-order valence-corrected chi connectivity index (χ2v) is 3.02. The SMILES string of the molecule is COC1OC(CO)C(O)C1(O)CO. The predicted molar refractivity (Wildman–Crippen MR) is 40.8 cm³/mol. The Kier molecular flexibility index (Phi) is 3.23. The molecule has 4 N–H and O–H groups in total. The summed E-state index contributed by atoms with van der Waals surface area (Å²) in [6, 6.07) is 0. The van der Waals surface area contributed by atoms with E-state index in [1.165, 1.54) is 7.11 Å². The van der Waals surface area contributed by atoms with Crippen LogP contribution in [0.1, 0.15) is 0 Å². The smallest absolute Gasteiger partial charge is 0.191 e. The number of hydrogen-bond donors (Lipinski definition) is 4. The summed E-state index contributed by atoms with van der Waals surface area (Å²) >= 11 is 0. The van der Waals surface area contributed by atoms with Crippen LogP contribution in [0.4, 0.5) is 0 Å². The lowest BCUT2D eigenvalue weighted by atomic mass is 9.96. The topological polar surface area (TPSA) is 99.4 Å². The van der Waals surface area contributed by atoms with E-state index in [-0.39, 0.29) is 0 Å². The van der Waals surface area contributed by atoms with Crippen LogP contribution in [0, 0.1) is 0 Å². The molecule has 0 aliphatic carbocycles. The summed E-state index contributed by atoms with van der Waals surface area (Å²) in [5.41, 5.74) is -1.86. The molecule has 13 heavy (non-hydrogen) atoms. The number of methoxy groups -OCH3 is 1. The highest BCUT2D eigenvalue weighted by molar-refractivity contribution is 4.99. The molecule has 1 fully saturated rings. The maximum absolute atomic E-state index is 9.67. The normalized spacial score (nSPS) is 45.5. The molecule has 4 atom stereocenters. The lowest BCUT2D eigenvalue weighted by molar-refractivity contribution is -0.205. The third-order valence-corrected chi connectivity index (χ3v) is 2.22. The van der Waals surface area contributed by atoms with Gasteiger partial charge >= 0.3 is 0 Å². The van der Waals surface area contributed by atoms with Crippen molar-refractivity contribution in [3.05, 3.63) is 0 Å². The van der Waals surface area contributed by atoms with Crippen LogP contribution < -0.4 is 0 Å². The first kappa shape index (κ1) is 10.8. The fraction of sp³-hybridized carbons (Fsp3) is 1.00. The monoisotopic (exact) mass is 194 g/mol. The van der Waals surface area contributed by atoms with E-state index < -0.39 is 37.3 Å². The van der Waals surface area contributed by atoms with Crippen molar-refractivity contribution in [3.8, 4) is 0 Å². The van der Waals surface area contributed by atoms with Gasteiger partial charge in [0.2, 0.25) is 0 Å². The Labute approximate surface area is 75.3 Å². The molecule has 1 aliphatic heterocycles. The zero-order chi connectivity index (χ0) is 10.1. The van der Waals surface area contributed by atoms with Gasteiger partial charge in [-0.3, -0.25) is 0 Å². The second-order valence-electron chi connectivity index (χ2n) is 3.02. The van der Waals surface area contributed by atoms with Crippen molar-refractivity contribution in [2.45, 2.75) is 24.1 Å². The summed E-state index contributed by atoms with van der Waals surface area (Å²) in [5.74, 6) is 0. The number of aliphatic hydroxyl groups is 4. The molecule has 0 bridgehead atoms. The van der Waals surface area contributed by atoms with Crippen molar-refractivity contribution in [1.82, 2.24) is 0 Å². The Morgan fingerprint density at radius 1 is 1.46 bits per heavy atom. The van der Waals surface area contributed by atoms with Crippen LogP contribution in [0.3, 0.4) is 0 Å². The summed E-state index contributed by atoms with van der Waals surface area (Å²) in [4.78, 5) is 0. The molecular weight excluding hydrogens is 180 g/mol. The minimum absolute atomic E-state index is 0.441.